The highest BCUT2D eigenvalue weighted by atomic mass is 32.2. The van der Waals surface area contributed by atoms with E-state index in [0.29, 0.717) is 16.4 Å². The third-order valence-corrected chi connectivity index (χ3v) is 5.93. The SMILES string of the molecule is Cc1nc2cc(C3(O)CC4CCC(C3)S4)ccc2o1. The molecule has 3 heterocycles. The van der Waals surface area contributed by atoms with E-state index in [2.05, 4.69) is 16.7 Å². The zero-order valence-corrected chi connectivity index (χ0v) is 11.7. The molecule has 1 aromatic carbocycles. The molecule has 19 heavy (non-hydrogen) atoms. The van der Waals surface area contributed by atoms with Crippen LogP contribution in [-0.4, -0.2) is 20.6 Å². The van der Waals surface area contributed by atoms with Crippen molar-refractivity contribution in [3.63, 3.8) is 0 Å². The molecule has 4 rings (SSSR count). The summed E-state index contributed by atoms with van der Waals surface area (Å²) in [6.45, 7) is 1.85. The molecule has 3 nitrogen and oxygen atoms in total. The van der Waals surface area contributed by atoms with E-state index >= 15 is 0 Å². The number of nitrogens with zero attached hydrogens (tertiary/aromatic N) is 1. The number of rotatable bonds is 1. The van der Waals surface area contributed by atoms with Gasteiger partial charge in [-0.3, -0.25) is 0 Å². The fourth-order valence-corrected chi connectivity index (χ4v) is 5.32. The van der Waals surface area contributed by atoms with Crippen molar-refractivity contribution in [1.82, 2.24) is 4.98 Å². The van der Waals surface area contributed by atoms with Crippen molar-refractivity contribution in [2.75, 3.05) is 0 Å². The summed E-state index contributed by atoms with van der Waals surface area (Å²) in [7, 11) is 0. The lowest BCUT2D eigenvalue weighted by Gasteiger charge is -2.36. The number of oxazole rings is 1. The number of aliphatic hydroxyl groups is 1. The molecule has 2 aliphatic rings. The van der Waals surface area contributed by atoms with Crippen LogP contribution >= 0.6 is 11.8 Å². The molecule has 0 radical (unpaired) electrons. The minimum absolute atomic E-state index is 0.624. The number of benzene rings is 1. The van der Waals surface area contributed by atoms with Gasteiger partial charge in [-0.1, -0.05) is 6.07 Å². The normalized spacial score (nSPS) is 34.0. The average molecular weight is 275 g/mol. The maximum Gasteiger partial charge on any atom is 0.192 e. The van der Waals surface area contributed by atoms with E-state index in [1.54, 1.807) is 0 Å². The van der Waals surface area contributed by atoms with Crippen LogP contribution in [0.4, 0.5) is 0 Å². The largest absolute Gasteiger partial charge is 0.441 e. The highest BCUT2D eigenvalue weighted by Crippen LogP contribution is 2.51. The van der Waals surface area contributed by atoms with E-state index < -0.39 is 5.60 Å². The lowest BCUT2D eigenvalue weighted by Crippen LogP contribution is -2.34. The van der Waals surface area contributed by atoms with Crippen molar-refractivity contribution >= 4 is 22.9 Å². The van der Waals surface area contributed by atoms with Crippen LogP contribution in [0.2, 0.25) is 0 Å². The zero-order valence-electron chi connectivity index (χ0n) is 10.9. The van der Waals surface area contributed by atoms with Gasteiger partial charge in [0.05, 0.1) is 5.60 Å². The molecule has 0 aliphatic carbocycles. The van der Waals surface area contributed by atoms with E-state index in [-0.39, 0.29) is 0 Å². The van der Waals surface area contributed by atoms with Gasteiger partial charge in [0.2, 0.25) is 0 Å². The molecule has 0 amide bonds. The summed E-state index contributed by atoms with van der Waals surface area (Å²) in [5, 5.41) is 12.3. The Labute approximate surface area is 116 Å². The summed E-state index contributed by atoms with van der Waals surface area (Å²) in [6, 6.07) is 5.94. The second-order valence-corrected chi connectivity index (χ2v) is 7.42. The third-order valence-electron chi connectivity index (χ3n) is 4.36. The van der Waals surface area contributed by atoms with E-state index in [4.69, 9.17) is 4.42 Å². The number of hydrogen-bond acceptors (Lipinski definition) is 4. The first kappa shape index (κ1) is 11.8. The Morgan fingerprint density at radius 2 is 2.05 bits per heavy atom. The first-order valence-corrected chi connectivity index (χ1v) is 7.82. The highest BCUT2D eigenvalue weighted by molar-refractivity contribution is 8.00. The molecule has 0 saturated carbocycles. The van der Waals surface area contributed by atoms with Crippen molar-refractivity contribution in [2.24, 2.45) is 0 Å². The van der Waals surface area contributed by atoms with Crippen LogP contribution in [0, 0.1) is 6.92 Å². The highest BCUT2D eigenvalue weighted by Gasteiger charge is 2.44. The molecule has 2 aliphatic heterocycles. The van der Waals surface area contributed by atoms with Crippen LogP contribution in [0.5, 0.6) is 0 Å². The van der Waals surface area contributed by atoms with E-state index in [1.807, 2.05) is 25.1 Å². The number of hydrogen-bond donors (Lipinski definition) is 1. The molecule has 1 N–H and O–H groups in total. The lowest BCUT2D eigenvalue weighted by atomic mass is 9.86. The maximum absolute atomic E-state index is 11.0. The van der Waals surface area contributed by atoms with Gasteiger partial charge in [0, 0.05) is 17.4 Å². The molecule has 2 unspecified atom stereocenters. The van der Waals surface area contributed by atoms with Crippen molar-refractivity contribution in [3.05, 3.63) is 29.7 Å². The summed E-state index contributed by atoms with van der Waals surface area (Å²) < 4.78 is 5.50. The molecule has 4 heteroatoms. The molecule has 100 valence electrons. The summed E-state index contributed by atoms with van der Waals surface area (Å²) >= 11 is 2.06. The summed E-state index contributed by atoms with van der Waals surface area (Å²) in [5.74, 6) is 0.679. The zero-order chi connectivity index (χ0) is 13.0. The van der Waals surface area contributed by atoms with Gasteiger partial charge in [-0.25, -0.2) is 4.98 Å². The topological polar surface area (TPSA) is 46.3 Å². The molecule has 2 saturated heterocycles. The third kappa shape index (κ3) is 1.89. The molecular formula is C15H17NO2S. The van der Waals surface area contributed by atoms with Crippen LogP contribution in [0.25, 0.3) is 11.1 Å². The Morgan fingerprint density at radius 3 is 2.79 bits per heavy atom. The van der Waals surface area contributed by atoms with Crippen LogP contribution in [0.3, 0.4) is 0 Å². The van der Waals surface area contributed by atoms with E-state index in [9.17, 15) is 5.11 Å². The molecule has 0 spiro atoms. The van der Waals surface area contributed by atoms with Gasteiger partial charge >= 0.3 is 0 Å². The Balaban J connectivity index is 1.76. The molecule has 1 aromatic heterocycles. The molecule has 2 fully saturated rings. The van der Waals surface area contributed by atoms with Gasteiger partial charge in [0.25, 0.3) is 0 Å². The molecule has 2 atom stereocenters. The Morgan fingerprint density at radius 1 is 1.32 bits per heavy atom. The van der Waals surface area contributed by atoms with Crippen LogP contribution in [0.15, 0.2) is 22.6 Å². The van der Waals surface area contributed by atoms with Gasteiger partial charge in [-0.2, -0.15) is 11.8 Å². The van der Waals surface area contributed by atoms with Gasteiger partial charge in [0.15, 0.2) is 11.5 Å². The monoisotopic (exact) mass is 275 g/mol. The van der Waals surface area contributed by atoms with Crippen LogP contribution in [-0.2, 0) is 5.60 Å². The lowest BCUT2D eigenvalue weighted by molar-refractivity contribution is 0.0197. The quantitative estimate of drug-likeness (QED) is 0.866. The second-order valence-electron chi connectivity index (χ2n) is 5.81. The Hall–Kier alpha value is -1.00. The summed E-state index contributed by atoms with van der Waals surface area (Å²) in [5.41, 5.74) is 2.00. The molecule has 2 aromatic rings. The van der Waals surface area contributed by atoms with Crippen LogP contribution < -0.4 is 0 Å². The second kappa shape index (κ2) is 4.00. The molecular weight excluding hydrogens is 258 g/mol. The Bertz CT molecular complexity index is 624. The summed E-state index contributed by atoms with van der Waals surface area (Å²) in [6.07, 6.45) is 4.25. The first-order chi connectivity index (χ1) is 9.12. The minimum atomic E-state index is -0.669. The standard InChI is InChI=1S/C15H17NO2S/c1-9-16-13-6-10(2-5-14(13)18-9)15(17)7-11-3-4-12(8-15)19-11/h2,5-6,11-12,17H,3-4,7-8H2,1H3. The van der Waals surface area contributed by atoms with Gasteiger partial charge in [-0.05, 0) is 43.4 Å². The Kier molecular flexibility index (Phi) is 2.48. The van der Waals surface area contributed by atoms with Crippen molar-refractivity contribution in [2.45, 2.75) is 48.7 Å². The van der Waals surface area contributed by atoms with E-state index in [0.717, 1.165) is 29.5 Å². The number of thioether (sulfide) groups is 1. The van der Waals surface area contributed by atoms with Crippen molar-refractivity contribution in [3.8, 4) is 0 Å². The molecule has 2 bridgehead atoms. The minimum Gasteiger partial charge on any atom is -0.441 e. The van der Waals surface area contributed by atoms with Gasteiger partial charge < -0.3 is 9.52 Å². The van der Waals surface area contributed by atoms with Crippen LogP contribution in [0.1, 0.15) is 37.1 Å². The van der Waals surface area contributed by atoms with Gasteiger partial charge in [0.1, 0.15) is 5.52 Å². The van der Waals surface area contributed by atoms with E-state index in [1.165, 1.54) is 12.8 Å². The number of aromatic nitrogens is 1. The fourth-order valence-electron chi connectivity index (χ4n) is 3.48. The number of aryl methyl sites for hydroxylation is 1. The predicted molar refractivity (Wildman–Crippen MR) is 76.3 cm³/mol. The first-order valence-electron chi connectivity index (χ1n) is 6.88. The average Bonchev–Trinajstić information content (AvgIpc) is 2.90. The smallest absolute Gasteiger partial charge is 0.192 e. The fraction of sp³-hybridized carbons (Fsp3) is 0.533. The summed E-state index contributed by atoms with van der Waals surface area (Å²) in [4.78, 5) is 4.37. The van der Waals surface area contributed by atoms with Crippen molar-refractivity contribution in [1.29, 1.82) is 0 Å². The van der Waals surface area contributed by atoms with Gasteiger partial charge in [-0.15, -0.1) is 0 Å². The number of fused-ring (bicyclic) bond motifs is 3. The van der Waals surface area contributed by atoms with Crippen molar-refractivity contribution < 1.29 is 9.52 Å². The maximum atomic E-state index is 11.0. The predicted octanol–water partition coefficient (Wildman–Crippen LogP) is 3.38.